The third kappa shape index (κ3) is 4.48. The van der Waals surface area contributed by atoms with Crippen molar-refractivity contribution in [2.75, 3.05) is 0 Å². The van der Waals surface area contributed by atoms with E-state index < -0.39 is 5.97 Å². The maximum Gasteiger partial charge on any atom is 0.335 e. The van der Waals surface area contributed by atoms with Gasteiger partial charge in [0.25, 0.3) is 0 Å². The zero-order chi connectivity index (χ0) is 26.5. The van der Waals surface area contributed by atoms with Gasteiger partial charge in [0.2, 0.25) is 0 Å². The molecule has 4 aliphatic carbocycles. The number of fused-ring (bicyclic) bond motifs is 5. The fourth-order valence-electron chi connectivity index (χ4n) is 10.7. The minimum Gasteiger partial charge on any atom is -0.478 e. The minimum absolute atomic E-state index is 0.191. The number of aliphatic hydroxyl groups is 2. The van der Waals surface area contributed by atoms with Crippen molar-refractivity contribution in [1.29, 1.82) is 0 Å². The lowest BCUT2D eigenvalue weighted by Gasteiger charge is -2.64. The first kappa shape index (κ1) is 27.2. The topological polar surface area (TPSA) is 77.8 Å². The Balaban J connectivity index is 1.30. The number of aliphatic hydroxyl groups excluding tert-OH is 2. The van der Waals surface area contributed by atoms with E-state index in [2.05, 4.69) is 27.7 Å². The Morgan fingerprint density at radius 1 is 1.00 bits per heavy atom. The summed E-state index contributed by atoms with van der Waals surface area (Å²) in [6.07, 6.45) is 11.5. The highest BCUT2D eigenvalue weighted by atomic mass is 16.4. The molecule has 4 saturated carbocycles. The summed E-state index contributed by atoms with van der Waals surface area (Å²) in [5.74, 6) is 2.81. The van der Waals surface area contributed by atoms with Gasteiger partial charge < -0.3 is 15.3 Å². The predicted molar refractivity (Wildman–Crippen MR) is 147 cm³/mol. The summed E-state index contributed by atoms with van der Waals surface area (Å²) >= 11 is 0. The molecule has 0 heterocycles. The molecule has 0 aliphatic heterocycles. The summed E-state index contributed by atoms with van der Waals surface area (Å²) in [6.45, 7) is 9.75. The Bertz CT molecular complexity index is 975. The molecular formula is C33H50O4. The smallest absolute Gasteiger partial charge is 0.335 e. The van der Waals surface area contributed by atoms with Crippen LogP contribution in [0.5, 0.6) is 0 Å². The van der Waals surface area contributed by atoms with Gasteiger partial charge >= 0.3 is 5.97 Å². The number of benzene rings is 1. The van der Waals surface area contributed by atoms with Crippen molar-refractivity contribution in [3.05, 3.63) is 35.4 Å². The lowest BCUT2D eigenvalue weighted by atomic mass is 9.41. The fraction of sp³-hybridized carbons (Fsp3) is 0.788. The molecule has 1 aromatic rings. The van der Waals surface area contributed by atoms with E-state index in [1.54, 1.807) is 6.07 Å². The van der Waals surface area contributed by atoms with Crippen LogP contribution in [-0.4, -0.2) is 33.5 Å². The molecule has 4 aliphatic rings. The second kappa shape index (κ2) is 10.3. The van der Waals surface area contributed by atoms with E-state index in [9.17, 15) is 20.1 Å². The molecule has 0 spiro atoms. The van der Waals surface area contributed by atoms with Gasteiger partial charge in [0.05, 0.1) is 17.8 Å². The maximum absolute atomic E-state index is 11.9. The molecular weight excluding hydrogens is 460 g/mol. The largest absolute Gasteiger partial charge is 0.478 e. The van der Waals surface area contributed by atoms with Crippen LogP contribution in [0.25, 0.3) is 0 Å². The van der Waals surface area contributed by atoms with E-state index in [4.69, 9.17) is 0 Å². The Labute approximate surface area is 224 Å². The summed E-state index contributed by atoms with van der Waals surface area (Å²) in [4.78, 5) is 11.6. The normalized spacial score (nSPS) is 43.9. The first-order chi connectivity index (χ1) is 17.6. The van der Waals surface area contributed by atoms with E-state index in [0.29, 0.717) is 47.0 Å². The lowest BCUT2D eigenvalue weighted by Crippen LogP contribution is -2.62. The Hall–Kier alpha value is -1.39. The molecule has 1 aromatic carbocycles. The van der Waals surface area contributed by atoms with E-state index in [-0.39, 0.29) is 23.0 Å². The van der Waals surface area contributed by atoms with Crippen LogP contribution in [0.15, 0.2) is 24.3 Å². The second-order valence-corrected chi connectivity index (χ2v) is 14.0. The first-order valence-corrected chi connectivity index (χ1v) is 15.3. The molecule has 4 fully saturated rings. The van der Waals surface area contributed by atoms with Gasteiger partial charge in [-0.3, -0.25) is 0 Å². The van der Waals surface area contributed by atoms with Gasteiger partial charge in [-0.1, -0.05) is 58.7 Å². The number of carbonyl (C=O) groups is 1. The van der Waals surface area contributed by atoms with E-state index >= 15 is 0 Å². The Morgan fingerprint density at radius 3 is 2.43 bits per heavy atom. The van der Waals surface area contributed by atoms with Crippen molar-refractivity contribution >= 4 is 5.97 Å². The van der Waals surface area contributed by atoms with Crippen LogP contribution in [0, 0.1) is 52.3 Å². The summed E-state index contributed by atoms with van der Waals surface area (Å²) in [7, 11) is 0. The second-order valence-electron chi connectivity index (χ2n) is 14.0. The zero-order valence-electron chi connectivity index (χ0n) is 23.5. The van der Waals surface area contributed by atoms with E-state index in [1.165, 1.54) is 25.7 Å². The average molecular weight is 511 g/mol. The molecule has 0 aromatic heterocycles. The number of hydrogen-bond acceptors (Lipinski definition) is 3. The number of aryl methyl sites for hydroxylation is 1. The molecule has 0 bridgehead atoms. The highest BCUT2D eigenvalue weighted by Gasteiger charge is 2.64. The quantitative estimate of drug-likeness (QED) is 0.370. The molecule has 4 nitrogen and oxygen atoms in total. The van der Waals surface area contributed by atoms with Crippen LogP contribution < -0.4 is 0 Å². The standard InChI is InChI=1S/C33H50O4/c1-5-23-28-19-22(34)15-17-33(28,4)27-16-18-32(3)25(13-14-26(32)29(27)30(23)35)20(2)9-8-11-21-10-6-7-12-24(21)31(36)37/h6-7,10,12,20,22-23,25-30,34-35H,5,8-9,11,13-19H2,1-4H3,(H,36,37)/t20-,22-,23-,25-,26?,27?,28+,29?,30-,32?,33?/m1/s1. The number of carboxylic acids is 1. The van der Waals surface area contributed by atoms with Crippen molar-refractivity contribution < 1.29 is 20.1 Å². The summed E-state index contributed by atoms with van der Waals surface area (Å²) < 4.78 is 0. The highest BCUT2D eigenvalue weighted by Crippen LogP contribution is 2.69. The number of hydrogen-bond donors (Lipinski definition) is 3. The average Bonchev–Trinajstić information content (AvgIpc) is 3.22. The third-order valence-corrected chi connectivity index (χ3v) is 12.5. The van der Waals surface area contributed by atoms with Crippen molar-refractivity contribution in [3.8, 4) is 0 Å². The van der Waals surface area contributed by atoms with Crippen LogP contribution in [0.3, 0.4) is 0 Å². The minimum atomic E-state index is -0.827. The van der Waals surface area contributed by atoms with Crippen molar-refractivity contribution in [3.63, 3.8) is 0 Å². The number of carboxylic acid groups (broad SMARTS) is 1. The van der Waals surface area contributed by atoms with Crippen LogP contribution in [0.4, 0.5) is 0 Å². The van der Waals surface area contributed by atoms with Crippen molar-refractivity contribution in [2.45, 2.75) is 111 Å². The molecule has 5 unspecified atom stereocenters. The Morgan fingerprint density at radius 2 is 1.70 bits per heavy atom. The van der Waals surface area contributed by atoms with Gasteiger partial charge in [-0.15, -0.1) is 0 Å². The molecule has 11 atom stereocenters. The van der Waals surface area contributed by atoms with E-state index in [1.807, 2.05) is 18.2 Å². The van der Waals surface area contributed by atoms with Crippen LogP contribution >= 0.6 is 0 Å². The zero-order valence-corrected chi connectivity index (χ0v) is 23.5. The van der Waals surface area contributed by atoms with Crippen LogP contribution in [-0.2, 0) is 6.42 Å². The van der Waals surface area contributed by atoms with Gasteiger partial charge in [-0.05, 0) is 122 Å². The molecule has 0 amide bonds. The van der Waals surface area contributed by atoms with Gasteiger partial charge in [0, 0.05) is 0 Å². The maximum atomic E-state index is 11.9. The summed E-state index contributed by atoms with van der Waals surface area (Å²) in [5.41, 5.74) is 1.94. The summed E-state index contributed by atoms with van der Waals surface area (Å²) in [6, 6.07) is 7.45. The van der Waals surface area contributed by atoms with Gasteiger partial charge in [-0.2, -0.15) is 0 Å². The Kier molecular flexibility index (Phi) is 7.57. The van der Waals surface area contributed by atoms with Crippen LogP contribution in [0.1, 0.15) is 108 Å². The molecule has 0 saturated heterocycles. The lowest BCUT2D eigenvalue weighted by molar-refractivity contribution is -0.203. The monoisotopic (exact) mass is 510 g/mol. The van der Waals surface area contributed by atoms with Crippen LogP contribution in [0.2, 0.25) is 0 Å². The summed E-state index contributed by atoms with van der Waals surface area (Å²) in [5, 5.41) is 32.0. The van der Waals surface area contributed by atoms with Gasteiger partial charge in [-0.25, -0.2) is 4.79 Å². The fourth-order valence-corrected chi connectivity index (χ4v) is 10.7. The van der Waals surface area contributed by atoms with Gasteiger partial charge in [0.1, 0.15) is 0 Å². The SMILES string of the molecule is CC[C@H]1[C@@H](O)C2C3CC[C@H]([C@H](C)CCCc4ccccc4C(=O)O)C3(C)CCC2C2(C)CC[C@@H](O)C[C@@H]12. The number of rotatable bonds is 7. The molecule has 3 N–H and O–H groups in total. The highest BCUT2D eigenvalue weighted by molar-refractivity contribution is 5.89. The van der Waals surface area contributed by atoms with Crippen molar-refractivity contribution in [2.24, 2.45) is 52.3 Å². The predicted octanol–water partition coefficient (Wildman–Crippen LogP) is 6.97. The van der Waals surface area contributed by atoms with Gasteiger partial charge in [0.15, 0.2) is 0 Å². The van der Waals surface area contributed by atoms with E-state index in [0.717, 1.165) is 50.5 Å². The molecule has 37 heavy (non-hydrogen) atoms. The molecule has 206 valence electrons. The number of aromatic carboxylic acids is 1. The molecule has 4 heteroatoms. The third-order valence-electron chi connectivity index (χ3n) is 12.5. The molecule has 5 rings (SSSR count). The first-order valence-electron chi connectivity index (χ1n) is 15.3. The molecule has 0 radical (unpaired) electrons. The van der Waals surface area contributed by atoms with Crippen molar-refractivity contribution in [1.82, 2.24) is 0 Å².